The molecule has 13 heteroatoms. The van der Waals surface area contributed by atoms with Crippen LogP contribution in [-0.2, 0) is 16.1 Å². The third-order valence-corrected chi connectivity index (χ3v) is 8.46. The van der Waals surface area contributed by atoms with Crippen molar-refractivity contribution >= 4 is 35.2 Å². The third kappa shape index (κ3) is 4.64. The Morgan fingerprint density at radius 2 is 1.86 bits per heavy atom. The first kappa shape index (κ1) is 26.1. The number of benzene rings is 1. The summed E-state index contributed by atoms with van der Waals surface area (Å²) in [7, 11) is 0. The number of hydrogen-bond donors (Lipinski definition) is 2. The van der Waals surface area contributed by atoms with Crippen LogP contribution in [0, 0.1) is 0 Å². The zero-order valence-corrected chi connectivity index (χ0v) is 22.7. The minimum absolute atomic E-state index is 0.0665. The number of likely N-dealkylation sites (tertiary alicyclic amines) is 1. The van der Waals surface area contributed by atoms with E-state index in [1.165, 1.54) is 0 Å². The maximum absolute atomic E-state index is 13.3. The highest BCUT2D eigenvalue weighted by molar-refractivity contribution is 6.25. The van der Waals surface area contributed by atoms with Crippen molar-refractivity contribution in [1.29, 1.82) is 0 Å². The maximum Gasteiger partial charge on any atom is 0.276 e. The van der Waals surface area contributed by atoms with Gasteiger partial charge in [0, 0.05) is 55.5 Å². The molecule has 13 nitrogen and oxygen atoms in total. The minimum Gasteiger partial charge on any atom is -0.380 e. The van der Waals surface area contributed by atoms with Crippen molar-refractivity contribution in [3.8, 4) is 0 Å². The SMILES string of the molecule is O=C1CCC(N2C(=O)c3cccc(NCc4cnn(C5CCN(C(=O)c6cc(C7CC7)on6)CC5)c4)c3C2=O)C(=O)N1. The third-order valence-electron chi connectivity index (χ3n) is 8.46. The minimum atomic E-state index is -1.01. The second-order valence-corrected chi connectivity index (χ2v) is 11.3. The number of piperidine rings is 2. The standard InChI is InChI=1S/C29H29N7O6/c37-24-7-6-22(26(38)32-24)36-27(39)19-2-1-3-20(25(19)29(36)41)30-13-16-14-31-35(15-16)18-8-10-34(11-9-18)28(40)21-12-23(42-33-21)17-4-5-17/h1-3,12,14-15,17-18,22,30H,4-11,13H2,(H,32,37,38). The number of carbonyl (C=O) groups is 5. The van der Waals surface area contributed by atoms with E-state index in [-0.39, 0.29) is 35.9 Å². The molecule has 0 spiro atoms. The quantitative estimate of drug-likeness (QED) is 0.406. The molecule has 1 unspecified atom stereocenters. The Hall–Kier alpha value is -4.81. The topological polar surface area (TPSA) is 160 Å². The number of anilines is 1. The van der Waals surface area contributed by atoms with Crippen molar-refractivity contribution in [2.24, 2.45) is 0 Å². The van der Waals surface area contributed by atoms with Crippen LogP contribution in [0.1, 0.15) is 93.0 Å². The largest absolute Gasteiger partial charge is 0.380 e. The Kier molecular flexibility index (Phi) is 6.36. The zero-order valence-electron chi connectivity index (χ0n) is 22.7. The fourth-order valence-corrected chi connectivity index (χ4v) is 5.97. The van der Waals surface area contributed by atoms with E-state index in [2.05, 4.69) is 20.9 Å². The summed E-state index contributed by atoms with van der Waals surface area (Å²) in [5, 5.41) is 14.0. The lowest BCUT2D eigenvalue weighted by Crippen LogP contribution is -2.54. The van der Waals surface area contributed by atoms with Gasteiger partial charge in [0.1, 0.15) is 11.8 Å². The van der Waals surface area contributed by atoms with Crippen LogP contribution in [-0.4, -0.2) is 73.4 Å². The normalized spacial score (nSPS) is 21.1. The van der Waals surface area contributed by atoms with Gasteiger partial charge < -0.3 is 14.7 Å². The van der Waals surface area contributed by atoms with Gasteiger partial charge in [0.25, 0.3) is 17.7 Å². The zero-order chi connectivity index (χ0) is 29.0. The van der Waals surface area contributed by atoms with Crippen LogP contribution in [0.5, 0.6) is 0 Å². The van der Waals surface area contributed by atoms with Gasteiger partial charge >= 0.3 is 0 Å². The van der Waals surface area contributed by atoms with Crippen LogP contribution in [0.2, 0.25) is 0 Å². The van der Waals surface area contributed by atoms with Crippen molar-refractivity contribution in [1.82, 2.24) is 30.1 Å². The highest BCUT2D eigenvalue weighted by atomic mass is 16.5. The molecule has 1 aliphatic carbocycles. The number of amides is 5. The molecule has 1 aromatic carbocycles. The average molecular weight is 572 g/mol. The van der Waals surface area contributed by atoms with Gasteiger partial charge in [0.05, 0.1) is 23.4 Å². The molecular weight excluding hydrogens is 542 g/mol. The number of rotatable bonds is 7. The molecule has 5 amide bonds. The van der Waals surface area contributed by atoms with Crippen molar-refractivity contribution in [2.75, 3.05) is 18.4 Å². The predicted molar refractivity (Wildman–Crippen MR) is 145 cm³/mol. The van der Waals surface area contributed by atoms with Crippen LogP contribution in [0.25, 0.3) is 0 Å². The van der Waals surface area contributed by atoms with Gasteiger partial charge in [-0.15, -0.1) is 0 Å². The van der Waals surface area contributed by atoms with Gasteiger partial charge in [0.2, 0.25) is 11.8 Å². The molecule has 3 aromatic rings. The molecule has 1 saturated carbocycles. The van der Waals surface area contributed by atoms with Gasteiger partial charge in [0.15, 0.2) is 5.69 Å². The predicted octanol–water partition coefficient (Wildman–Crippen LogP) is 2.24. The van der Waals surface area contributed by atoms with E-state index >= 15 is 0 Å². The molecule has 2 aromatic heterocycles. The summed E-state index contributed by atoms with van der Waals surface area (Å²) >= 11 is 0. The Morgan fingerprint density at radius 1 is 1.05 bits per heavy atom. The Labute approximate surface area is 240 Å². The first-order valence-corrected chi connectivity index (χ1v) is 14.2. The fraction of sp³-hybridized carbons (Fsp3) is 0.414. The van der Waals surface area contributed by atoms with Crippen LogP contribution >= 0.6 is 0 Å². The van der Waals surface area contributed by atoms with E-state index in [4.69, 9.17) is 4.52 Å². The summed E-state index contributed by atoms with van der Waals surface area (Å²) in [6.45, 7) is 1.56. The molecule has 3 aliphatic heterocycles. The van der Waals surface area contributed by atoms with E-state index < -0.39 is 29.7 Å². The lowest BCUT2D eigenvalue weighted by molar-refractivity contribution is -0.136. The van der Waals surface area contributed by atoms with Gasteiger partial charge in [-0.1, -0.05) is 11.2 Å². The number of aromatic nitrogens is 3. The molecular formula is C29H29N7O6. The number of fused-ring (bicyclic) bond motifs is 1. The monoisotopic (exact) mass is 571 g/mol. The molecule has 0 bridgehead atoms. The number of hydrogen-bond acceptors (Lipinski definition) is 9. The molecule has 3 fully saturated rings. The van der Waals surface area contributed by atoms with Crippen LogP contribution in [0.15, 0.2) is 41.2 Å². The molecule has 2 N–H and O–H groups in total. The van der Waals surface area contributed by atoms with E-state index in [0.717, 1.165) is 41.9 Å². The summed E-state index contributed by atoms with van der Waals surface area (Å²) in [6, 6.07) is 5.87. The molecule has 2 saturated heterocycles. The number of imide groups is 2. The molecule has 7 rings (SSSR count). The Morgan fingerprint density at radius 3 is 2.62 bits per heavy atom. The molecule has 5 heterocycles. The molecule has 1 atom stereocenters. The van der Waals surface area contributed by atoms with Gasteiger partial charge in [-0.25, -0.2) is 0 Å². The second kappa shape index (κ2) is 10.2. The van der Waals surface area contributed by atoms with E-state index in [0.29, 0.717) is 36.9 Å². The first-order chi connectivity index (χ1) is 20.4. The second-order valence-electron chi connectivity index (χ2n) is 11.3. The summed E-state index contributed by atoms with van der Waals surface area (Å²) in [6.07, 6.45) is 7.56. The van der Waals surface area contributed by atoms with Gasteiger partial charge in [-0.3, -0.25) is 38.9 Å². The number of carbonyl (C=O) groups excluding carboxylic acids is 5. The Balaban J connectivity index is 0.972. The fourth-order valence-electron chi connectivity index (χ4n) is 5.97. The molecule has 216 valence electrons. The maximum atomic E-state index is 13.3. The highest BCUT2D eigenvalue weighted by Crippen LogP contribution is 2.40. The van der Waals surface area contributed by atoms with Crippen LogP contribution < -0.4 is 10.6 Å². The van der Waals surface area contributed by atoms with Crippen molar-refractivity contribution in [2.45, 2.75) is 63.1 Å². The van der Waals surface area contributed by atoms with Crippen molar-refractivity contribution < 1.29 is 28.5 Å². The molecule has 42 heavy (non-hydrogen) atoms. The summed E-state index contributed by atoms with van der Waals surface area (Å²) in [5.41, 5.74) is 2.18. The van der Waals surface area contributed by atoms with E-state index in [1.54, 1.807) is 30.5 Å². The van der Waals surface area contributed by atoms with E-state index in [1.807, 2.05) is 15.8 Å². The summed E-state index contributed by atoms with van der Waals surface area (Å²) in [4.78, 5) is 66.0. The van der Waals surface area contributed by atoms with Gasteiger partial charge in [-0.05, 0) is 44.2 Å². The summed E-state index contributed by atoms with van der Waals surface area (Å²) in [5.74, 6) is -1.05. The lowest BCUT2D eigenvalue weighted by Gasteiger charge is -2.31. The van der Waals surface area contributed by atoms with Crippen molar-refractivity contribution in [3.63, 3.8) is 0 Å². The molecule has 0 radical (unpaired) electrons. The van der Waals surface area contributed by atoms with Crippen molar-refractivity contribution in [3.05, 3.63) is 64.8 Å². The molecule has 4 aliphatic rings. The lowest BCUT2D eigenvalue weighted by atomic mass is 10.0. The summed E-state index contributed by atoms with van der Waals surface area (Å²) < 4.78 is 7.25. The van der Waals surface area contributed by atoms with Crippen LogP contribution in [0.3, 0.4) is 0 Å². The highest BCUT2D eigenvalue weighted by Gasteiger charge is 2.45. The smallest absolute Gasteiger partial charge is 0.276 e. The van der Waals surface area contributed by atoms with Gasteiger partial charge in [-0.2, -0.15) is 5.10 Å². The van der Waals surface area contributed by atoms with E-state index in [9.17, 15) is 24.0 Å². The van der Waals surface area contributed by atoms with Crippen LogP contribution in [0.4, 0.5) is 5.69 Å². The average Bonchev–Trinajstić information content (AvgIpc) is 3.42. The Bertz CT molecular complexity index is 1610. The number of nitrogens with zero attached hydrogens (tertiary/aromatic N) is 5. The number of nitrogens with one attached hydrogen (secondary N) is 2. The first-order valence-electron chi connectivity index (χ1n) is 14.2.